The van der Waals surface area contributed by atoms with Gasteiger partial charge in [-0.25, -0.2) is 14.4 Å². The zero-order valence-corrected chi connectivity index (χ0v) is 19.0. The number of halogens is 1. The maximum absolute atomic E-state index is 14.2. The lowest BCUT2D eigenvalue weighted by molar-refractivity contribution is -0.136. The first kappa shape index (κ1) is 20.9. The number of rotatable bonds is 3. The molecule has 0 aliphatic carbocycles. The minimum Gasteiger partial charge on any atom is -0.366 e. The van der Waals surface area contributed by atoms with Gasteiger partial charge in [0.1, 0.15) is 5.82 Å². The van der Waals surface area contributed by atoms with Gasteiger partial charge in [-0.05, 0) is 49.2 Å². The molecule has 2 aliphatic rings. The number of hydrogen-bond donors (Lipinski definition) is 0. The molecule has 6 rings (SSSR count). The Morgan fingerprint density at radius 2 is 1.74 bits per heavy atom. The van der Waals surface area contributed by atoms with Gasteiger partial charge in [0, 0.05) is 51.7 Å². The average Bonchev–Trinajstić information content (AvgIpc) is 3.39. The third kappa shape index (κ3) is 3.63. The SMILES string of the molecule is O=C(C1CCCN(c2nc3ncccc3n3cccc23)C1)N1CCN(c2ccccc2F)CC1. The molecule has 1 aromatic carbocycles. The third-order valence-corrected chi connectivity index (χ3v) is 7.07. The smallest absolute Gasteiger partial charge is 0.227 e. The fourth-order valence-electron chi connectivity index (χ4n) is 5.33. The Kier molecular flexibility index (Phi) is 5.28. The number of nitrogens with zero attached hydrogens (tertiary/aromatic N) is 6. The predicted molar refractivity (Wildman–Crippen MR) is 131 cm³/mol. The lowest BCUT2D eigenvalue weighted by Gasteiger charge is -2.40. The van der Waals surface area contributed by atoms with E-state index in [1.807, 2.05) is 40.3 Å². The van der Waals surface area contributed by atoms with Gasteiger partial charge in [-0.1, -0.05) is 12.1 Å². The highest BCUT2D eigenvalue weighted by Crippen LogP contribution is 2.29. The first-order chi connectivity index (χ1) is 16.7. The summed E-state index contributed by atoms with van der Waals surface area (Å²) in [6.07, 6.45) is 5.62. The lowest BCUT2D eigenvalue weighted by atomic mass is 9.96. The van der Waals surface area contributed by atoms with Gasteiger partial charge in [-0.15, -0.1) is 0 Å². The van der Waals surface area contributed by atoms with Crippen molar-refractivity contribution in [3.63, 3.8) is 0 Å². The Morgan fingerprint density at radius 1 is 0.912 bits per heavy atom. The molecule has 1 unspecified atom stereocenters. The summed E-state index contributed by atoms with van der Waals surface area (Å²) in [5, 5.41) is 0. The van der Waals surface area contributed by atoms with E-state index in [4.69, 9.17) is 4.98 Å². The molecule has 7 nitrogen and oxygen atoms in total. The summed E-state index contributed by atoms with van der Waals surface area (Å²) >= 11 is 0. The lowest BCUT2D eigenvalue weighted by Crippen LogP contribution is -2.52. The van der Waals surface area contributed by atoms with E-state index < -0.39 is 0 Å². The van der Waals surface area contributed by atoms with Gasteiger partial charge < -0.3 is 19.1 Å². The number of para-hydroxylation sites is 1. The number of pyridine rings is 1. The Labute approximate surface area is 197 Å². The predicted octanol–water partition coefficient (Wildman–Crippen LogP) is 3.59. The first-order valence-electron chi connectivity index (χ1n) is 11.9. The molecule has 0 saturated carbocycles. The van der Waals surface area contributed by atoms with Crippen molar-refractivity contribution < 1.29 is 9.18 Å². The van der Waals surface area contributed by atoms with E-state index in [0.29, 0.717) is 44.1 Å². The van der Waals surface area contributed by atoms with E-state index in [1.165, 1.54) is 6.07 Å². The van der Waals surface area contributed by atoms with Gasteiger partial charge in [0.2, 0.25) is 5.91 Å². The number of aromatic nitrogens is 3. The van der Waals surface area contributed by atoms with Crippen LogP contribution in [0.4, 0.5) is 15.9 Å². The van der Waals surface area contributed by atoms with Crippen molar-refractivity contribution in [3.8, 4) is 0 Å². The van der Waals surface area contributed by atoms with E-state index in [1.54, 1.807) is 18.3 Å². The number of hydrogen-bond acceptors (Lipinski definition) is 5. The number of benzene rings is 1. The van der Waals surface area contributed by atoms with Crippen LogP contribution >= 0.6 is 0 Å². The van der Waals surface area contributed by atoms with Crippen molar-refractivity contribution in [2.24, 2.45) is 5.92 Å². The summed E-state index contributed by atoms with van der Waals surface area (Å²) in [7, 11) is 0. The zero-order chi connectivity index (χ0) is 23.1. The molecule has 0 N–H and O–H groups in total. The normalized spacial score (nSPS) is 19.2. The molecule has 0 radical (unpaired) electrons. The fraction of sp³-hybridized carbons (Fsp3) is 0.346. The molecular formula is C26H27FN6O. The molecule has 1 amide bonds. The molecule has 34 heavy (non-hydrogen) atoms. The van der Waals surface area contributed by atoms with E-state index in [-0.39, 0.29) is 17.6 Å². The molecule has 8 heteroatoms. The molecule has 174 valence electrons. The van der Waals surface area contributed by atoms with Crippen molar-refractivity contribution in [3.05, 3.63) is 66.7 Å². The van der Waals surface area contributed by atoms with Gasteiger partial charge in [0.15, 0.2) is 11.5 Å². The number of anilines is 2. The van der Waals surface area contributed by atoms with Crippen molar-refractivity contribution in [1.82, 2.24) is 19.3 Å². The second-order valence-electron chi connectivity index (χ2n) is 9.09. The second kappa shape index (κ2) is 8.59. The van der Waals surface area contributed by atoms with Gasteiger partial charge >= 0.3 is 0 Å². The summed E-state index contributed by atoms with van der Waals surface area (Å²) in [4.78, 5) is 29.0. The van der Waals surface area contributed by atoms with E-state index in [9.17, 15) is 9.18 Å². The van der Waals surface area contributed by atoms with Gasteiger partial charge in [0.05, 0.1) is 22.6 Å². The number of fused-ring (bicyclic) bond motifs is 3. The van der Waals surface area contributed by atoms with Crippen LogP contribution in [0.5, 0.6) is 0 Å². The largest absolute Gasteiger partial charge is 0.366 e. The molecule has 1 atom stereocenters. The summed E-state index contributed by atoms with van der Waals surface area (Å²) in [5.41, 5.74) is 3.33. The van der Waals surface area contributed by atoms with Gasteiger partial charge in [0.25, 0.3) is 0 Å². The third-order valence-electron chi connectivity index (χ3n) is 7.07. The number of carbonyl (C=O) groups excluding carboxylic acids is 1. The molecule has 2 saturated heterocycles. The van der Waals surface area contributed by atoms with Crippen molar-refractivity contribution in [2.45, 2.75) is 12.8 Å². The van der Waals surface area contributed by atoms with Crippen LogP contribution in [0.3, 0.4) is 0 Å². The summed E-state index contributed by atoms with van der Waals surface area (Å²) < 4.78 is 16.3. The molecule has 3 aromatic heterocycles. The van der Waals surface area contributed by atoms with Crippen LogP contribution in [0.2, 0.25) is 0 Å². The van der Waals surface area contributed by atoms with Crippen LogP contribution in [-0.4, -0.2) is 64.4 Å². The summed E-state index contributed by atoms with van der Waals surface area (Å²) in [5.74, 6) is 0.811. The number of piperazine rings is 1. The van der Waals surface area contributed by atoms with Crippen LogP contribution in [0.15, 0.2) is 60.9 Å². The van der Waals surface area contributed by atoms with E-state index in [0.717, 1.165) is 36.2 Å². The van der Waals surface area contributed by atoms with Crippen LogP contribution < -0.4 is 9.80 Å². The second-order valence-corrected chi connectivity index (χ2v) is 9.09. The Bertz CT molecular complexity index is 1350. The van der Waals surface area contributed by atoms with Crippen molar-refractivity contribution in [2.75, 3.05) is 49.1 Å². The highest BCUT2D eigenvalue weighted by molar-refractivity contribution is 5.84. The van der Waals surface area contributed by atoms with Crippen LogP contribution in [0.25, 0.3) is 16.7 Å². The minimum absolute atomic E-state index is 0.0648. The maximum atomic E-state index is 14.2. The van der Waals surface area contributed by atoms with E-state index >= 15 is 0 Å². The van der Waals surface area contributed by atoms with Crippen LogP contribution in [-0.2, 0) is 4.79 Å². The minimum atomic E-state index is -0.209. The number of carbonyl (C=O) groups is 1. The highest BCUT2D eigenvalue weighted by atomic mass is 19.1. The van der Waals surface area contributed by atoms with Crippen LogP contribution in [0, 0.1) is 11.7 Å². The summed E-state index contributed by atoms with van der Waals surface area (Å²) in [6.45, 7) is 4.04. The zero-order valence-electron chi connectivity index (χ0n) is 19.0. The van der Waals surface area contributed by atoms with Gasteiger partial charge in [-0.2, -0.15) is 0 Å². The summed E-state index contributed by atoms with van der Waals surface area (Å²) in [6, 6.07) is 14.9. The van der Waals surface area contributed by atoms with Crippen LogP contribution in [0.1, 0.15) is 12.8 Å². The molecule has 4 aromatic rings. The first-order valence-corrected chi connectivity index (χ1v) is 11.9. The van der Waals surface area contributed by atoms with Crippen molar-refractivity contribution >= 4 is 34.1 Å². The van der Waals surface area contributed by atoms with E-state index in [2.05, 4.69) is 20.4 Å². The monoisotopic (exact) mass is 458 g/mol. The quantitative estimate of drug-likeness (QED) is 0.470. The topological polar surface area (TPSA) is 57.0 Å². The Hall–Kier alpha value is -3.68. The number of amides is 1. The molecule has 2 aliphatic heterocycles. The standard InChI is InChI=1S/C26H27FN6O/c27-20-7-1-2-8-21(20)30-14-16-31(17-15-30)26(34)19-6-4-12-32(18-19)25-23-10-5-13-33(23)22-9-3-11-28-24(22)29-25/h1-3,5,7-11,13,19H,4,6,12,14-18H2. The average molecular weight is 459 g/mol. The van der Waals surface area contributed by atoms with Crippen molar-refractivity contribution in [1.29, 1.82) is 0 Å². The maximum Gasteiger partial charge on any atom is 0.227 e. The number of piperidine rings is 1. The highest BCUT2D eigenvalue weighted by Gasteiger charge is 2.32. The molecule has 2 fully saturated rings. The fourth-order valence-corrected chi connectivity index (χ4v) is 5.33. The molecular weight excluding hydrogens is 431 g/mol. The Balaban J connectivity index is 1.18. The molecule has 0 bridgehead atoms. The molecule has 0 spiro atoms. The Morgan fingerprint density at radius 3 is 2.59 bits per heavy atom. The molecule has 5 heterocycles. The van der Waals surface area contributed by atoms with Gasteiger partial charge in [-0.3, -0.25) is 4.79 Å².